The lowest BCUT2D eigenvalue weighted by Crippen LogP contribution is -2.31. The topological polar surface area (TPSA) is 57.9 Å². The average molecular weight is 297 g/mol. The van der Waals surface area contributed by atoms with Crippen molar-refractivity contribution >= 4 is 18.2 Å². The zero-order valence-corrected chi connectivity index (χ0v) is 12.2. The second kappa shape index (κ2) is 5.68. The van der Waals surface area contributed by atoms with Crippen LogP contribution in [0.1, 0.15) is 5.56 Å². The number of hydrogen-bond donors (Lipinski definition) is 0. The van der Waals surface area contributed by atoms with Crippen LogP contribution in [0.5, 0.6) is 0 Å². The highest BCUT2D eigenvalue weighted by Crippen LogP contribution is 2.32. The van der Waals surface area contributed by atoms with Crippen molar-refractivity contribution in [2.45, 2.75) is 6.54 Å². The summed E-state index contributed by atoms with van der Waals surface area (Å²) in [5, 5.41) is 0.283. The molecule has 5 heteroatoms. The Bertz CT molecular complexity index is 769. The molecule has 0 aliphatic carbocycles. The third kappa shape index (κ3) is 2.82. The summed E-state index contributed by atoms with van der Waals surface area (Å²) in [6.07, 6.45) is 3.21. The Morgan fingerprint density at radius 3 is 2.29 bits per heavy atom. The van der Waals surface area contributed by atoms with E-state index in [1.165, 1.54) is 6.20 Å². The van der Waals surface area contributed by atoms with E-state index in [4.69, 9.17) is 0 Å². The van der Waals surface area contributed by atoms with E-state index in [2.05, 4.69) is 4.98 Å². The van der Waals surface area contributed by atoms with Crippen molar-refractivity contribution in [1.82, 2.24) is 9.55 Å². The smallest absolute Gasteiger partial charge is 0.159 e. The minimum absolute atomic E-state index is 0.0950. The number of benzene rings is 2. The molecule has 0 spiro atoms. The SMILES string of the molecule is O=P([O-])(c1ccccc1)c1nccn1Cc1ccccc1. The molecule has 0 amide bonds. The fourth-order valence-corrected chi connectivity index (χ4v) is 3.70. The van der Waals surface area contributed by atoms with Gasteiger partial charge in [0.05, 0.1) is 0 Å². The van der Waals surface area contributed by atoms with Crippen LogP contribution in [-0.2, 0) is 11.1 Å². The third-order valence-corrected chi connectivity index (χ3v) is 5.13. The van der Waals surface area contributed by atoms with E-state index in [1.54, 1.807) is 41.1 Å². The summed E-state index contributed by atoms with van der Waals surface area (Å²) in [6.45, 7) is 0.481. The van der Waals surface area contributed by atoms with Gasteiger partial charge in [-0.1, -0.05) is 60.7 Å². The molecule has 0 radical (unpaired) electrons. The van der Waals surface area contributed by atoms with Crippen molar-refractivity contribution in [3.63, 3.8) is 0 Å². The van der Waals surface area contributed by atoms with Crippen molar-refractivity contribution in [3.05, 3.63) is 78.6 Å². The molecule has 0 saturated heterocycles. The summed E-state index contributed by atoms with van der Waals surface area (Å²) in [7, 11) is -3.92. The Labute approximate surface area is 123 Å². The maximum Gasteiger partial charge on any atom is 0.159 e. The maximum absolute atomic E-state index is 12.7. The van der Waals surface area contributed by atoms with Gasteiger partial charge in [-0.15, -0.1) is 0 Å². The number of aromatic nitrogens is 2. The first-order valence-corrected chi connectivity index (χ1v) is 8.23. The molecule has 0 aliphatic heterocycles. The van der Waals surface area contributed by atoms with Gasteiger partial charge in [-0.2, -0.15) is 0 Å². The summed E-state index contributed by atoms with van der Waals surface area (Å²) < 4.78 is 14.3. The second-order valence-electron chi connectivity index (χ2n) is 4.73. The molecule has 1 aromatic heterocycles. The molecule has 0 saturated carbocycles. The molecule has 0 bridgehead atoms. The molecule has 2 aromatic carbocycles. The maximum atomic E-state index is 12.7. The molecule has 106 valence electrons. The molecule has 21 heavy (non-hydrogen) atoms. The Kier molecular flexibility index (Phi) is 3.74. The highest BCUT2D eigenvalue weighted by molar-refractivity contribution is 7.71. The van der Waals surface area contributed by atoms with Gasteiger partial charge in [-0.05, 0) is 5.56 Å². The summed E-state index contributed by atoms with van der Waals surface area (Å²) in [5.41, 5.74) is 1.13. The molecule has 1 heterocycles. The summed E-state index contributed by atoms with van der Waals surface area (Å²) in [6, 6.07) is 18.1. The van der Waals surface area contributed by atoms with Crippen molar-refractivity contribution in [2.75, 3.05) is 0 Å². The highest BCUT2D eigenvalue weighted by atomic mass is 31.2. The van der Waals surface area contributed by atoms with Crippen LogP contribution in [0.2, 0.25) is 0 Å². The van der Waals surface area contributed by atoms with E-state index in [1.807, 2.05) is 30.3 Å². The van der Waals surface area contributed by atoms with Gasteiger partial charge in [0.15, 0.2) is 5.57 Å². The normalized spacial score (nSPS) is 13.8. The number of imidazole rings is 1. The Hall–Kier alpha value is -2.16. The van der Waals surface area contributed by atoms with E-state index in [-0.39, 0.29) is 10.9 Å². The van der Waals surface area contributed by atoms with Gasteiger partial charge in [-0.3, -0.25) is 0 Å². The summed E-state index contributed by atoms with van der Waals surface area (Å²) >= 11 is 0. The standard InChI is InChI=1S/C16H15N2O2P/c19-21(20,15-9-5-2-6-10-15)16-17-11-12-18(16)13-14-7-3-1-4-8-14/h1-12H,13H2,(H,19,20)/p-1. The highest BCUT2D eigenvalue weighted by Gasteiger charge is 2.19. The van der Waals surface area contributed by atoms with Gasteiger partial charge in [0.2, 0.25) is 0 Å². The molecule has 1 unspecified atom stereocenters. The van der Waals surface area contributed by atoms with Gasteiger partial charge < -0.3 is 14.0 Å². The first-order valence-electron chi connectivity index (χ1n) is 6.60. The van der Waals surface area contributed by atoms with E-state index in [9.17, 15) is 9.46 Å². The molecule has 0 N–H and O–H groups in total. The van der Waals surface area contributed by atoms with Gasteiger partial charge in [0.1, 0.15) is 7.37 Å². The quantitative estimate of drug-likeness (QED) is 0.686. The van der Waals surface area contributed by atoms with Gasteiger partial charge in [0, 0.05) is 24.2 Å². The fourth-order valence-electron chi connectivity index (χ4n) is 2.21. The number of hydrogen-bond acceptors (Lipinski definition) is 3. The summed E-state index contributed by atoms with van der Waals surface area (Å²) in [5.74, 6) is 0. The zero-order chi connectivity index (χ0) is 14.7. The lowest BCUT2D eigenvalue weighted by atomic mass is 10.2. The Balaban J connectivity index is 1.97. The van der Waals surface area contributed by atoms with Crippen LogP contribution in [0.15, 0.2) is 73.1 Å². The molecular weight excluding hydrogens is 283 g/mol. The third-order valence-electron chi connectivity index (χ3n) is 3.25. The van der Waals surface area contributed by atoms with Crippen LogP contribution in [0.3, 0.4) is 0 Å². The summed E-state index contributed by atoms with van der Waals surface area (Å²) in [4.78, 5) is 16.7. The van der Waals surface area contributed by atoms with Crippen molar-refractivity contribution < 1.29 is 9.46 Å². The number of rotatable bonds is 4. The molecule has 3 aromatic rings. The predicted octanol–water partition coefficient (Wildman–Crippen LogP) is 1.52. The monoisotopic (exact) mass is 297 g/mol. The van der Waals surface area contributed by atoms with Gasteiger partial charge in [-0.25, -0.2) is 4.98 Å². The lowest BCUT2D eigenvalue weighted by Gasteiger charge is -2.24. The van der Waals surface area contributed by atoms with Gasteiger partial charge in [0.25, 0.3) is 0 Å². The Morgan fingerprint density at radius 2 is 1.62 bits per heavy atom. The first-order chi connectivity index (χ1) is 10.2. The number of nitrogens with zero attached hydrogens (tertiary/aromatic N) is 2. The second-order valence-corrected chi connectivity index (χ2v) is 6.75. The van der Waals surface area contributed by atoms with E-state index in [0.717, 1.165) is 5.56 Å². The first kappa shape index (κ1) is 13.8. The molecule has 0 aliphatic rings. The van der Waals surface area contributed by atoms with Crippen LogP contribution < -0.4 is 15.8 Å². The molecule has 1 atom stereocenters. The molecular formula is C16H14N2O2P-. The van der Waals surface area contributed by atoms with Crippen molar-refractivity contribution in [1.29, 1.82) is 0 Å². The van der Waals surface area contributed by atoms with Gasteiger partial charge >= 0.3 is 0 Å². The predicted molar refractivity (Wildman–Crippen MR) is 81.1 cm³/mol. The zero-order valence-electron chi connectivity index (χ0n) is 11.3. The van der Waals surface area contributed by atoms with Crippen LogP contribution in [0, 0.1) is 0 Å². The van der Waals surface area contributed by atoms with E-state index < -0.39 is 7.37 Å². The van der Waals surface area contributed by atoms with Crippen molar-refractivity contribution in [2.24, 2.45) is 0 Å². The van der Waals surface area contributed by atoms with Crippen LogP contribution in [0.25, 0.3) is 0 Å². The molecule has 0 fully saturated rings. The molecule has 4 nitrogen and oxygen atoms in total. The minimum Gasteiger partial charge on any atom is -0.790 e. The fraction of sp³-hybridized carbons (Fsp3) is 0.0625. The minimum atomic E-state index is -3.92. The lowest BCUT2D eigenvalue weighted by molar-refractivity contribution is -0.167. The van der Waals surface area contributed by atoms with Crippen molar-refractivity contribution in [3.8, 4) is 0 Å². The van der Waals surface area contributed by atoms with Crippen LogP contribution in [-0.4, -0.2) is 9.55 Å². The van der Waals surface area contributed by atoms with E-state index >= 15 is 0 Å². The average Bonchev–Trinajstić information content (AvgIpc) is 2.98. The van der Waals surface area contributed by atoms with Crippen LogP contribution >= 0.6 is 7.37 Å². The van der Waals surface area contributed by atoms with E-state index in [0.29, 0.717) is 6.54 Å². The Morgan fingerprint density at radius 1 is 1.00 bits per heavy atom. The largest absolute Gasteiger partial charge is 0.790 e. The van der Waals surface area contributed by atoms with Crippen LogP contribution in [0.4, 0.5) is 0 Å². The molecule has 3 rings (SSSR count).